The molecule has 7 heteroatoms. The van der Waals surface area contributed by atoms with Gasteiger partial charge in [0.2, 0.25) is 0 Å². The Morgan fingerprint density at radius 1 is 1.21 bits per heavy atom. The average molecular weight is 405 g/mol. The van der Waals surface area contributed by atoms with E-state index in [1.54, 1.807) is 7.11 Å². The van der Waals surface area contributed by atoms with E-state index in [1.807, 2.05) is 12.1 Å². The zero-order chi connectivity index (χ0) is 20.3. The van der Waals surface area contributed by atoms with Crippen molar-refractivity contribution >= 4 is 5.96 Å². The van der Waals surface area contributed by atoms with Crippen molar-refractivity contribution in [3.8, 4) is 11.5 Å². The first-order chi connectivity index (χ1) is 14.3. The molecule has 2 aliphatic rings. The number of nitrogens with zero attached hydrogens (tertiary/aromatic N) is 2. The number of hydrogen-bond acceptors (Lipinski definition) is 5. The van der Waals surface area contributed by atoms with Crippen LogP contribution in [-0.4, -0.2) is 70.0 Å². The monoisotopic (exact) mass is 404 g/mol. The molecule has 1 aromatic rings. The predicted molar refractivity (Wildman–Crippen MR) is 116 cm³/mol. The fraction of sp³-hybridized carbons (Fsp3) is 0.682. The summed E-state index contributed by atoms with van der Waals surface area (Å²) in [5, 5.41) is 6.78. The van der Waals surface area contributed by atoms with Gasteiger partial charge in [-0.25, -0.2) is 4.99 Å². The van der Waals surface area contributed by atoms with Crippen LogP contribution in [0.3, 0.4) is 0 Å². The molecule has 1 heterocycles. The third-order valence-electron chi connectivity index (χ3n) is 5.45. The van der Waals surface area contributed by atoms with E-state index in [1.165, 1.54) is 12.8 Å². The molecule has 3 rings (SSSR count). The van der Waals surface area contributed by atoms with E-state index in [0.29, 0.717) is 12.6 Å². The second kappa shape index (κ2) is 11.9. The highest BCUT2D eigenvalue weighted by Crippen LogP contribution is 2.30. The summed E-state index contributed by atoms with van der Waals surface area (Å²) in [6.07, 6.45) is 5.07. The number of benzene rings is 1. The van der Waals surface area contributed by atoms with Crippen LogP contribution < -0.4 is 20.1 Å². The van der Waals surface area contributed by atoms with Crippen LogP contribution >= 0.6 is 0 Å². The zero-order valence-electron chi connectivity index (χ0n) is 17.9. The number of nitrogens with one attached hydrogen (secondary N) is 2. The van der Waals surface area contributed by atoms with Crippen LogP contribution in [0.4, 0.5) is 0 Å². The van der Waals surface area contributed by atoms with Gasteiger partial charge in [0, 0.05) is 44.4 Å². The van der Waals surface area contributed by atoms with Gasteiger partial charge in [-0.2, -0.15) is 0 Å². The van der Waals surface area contributed by atoms with Crippen LogP contribution in [0.25, 0.3) is 0 Å². The maximum atomic E-state index is 6.29. The summed E-state index contributed by atoms with van der Waals surface area (Å²) in [6, 6.07) is 6.02. The molecule has 0 atom stereocenters. The number of aliphatic imine (C=N–C) groups is 1. The number of rotatable bonds is 9. The Labute approximate surface area is 174 Å². The summed E-state index contributed by atoms with van der Waals surface area (Å²) < 4.78 is 17.1. The van der Waals surface area contributed by atoms with Crippen molar-refractivity contribution in [2.75, 3.05) is 53.0 Å². The SMILES string of the molecule is CCNC(=NCc1ccc(OC)cc1OC1CCCC1)NCCN1CCOCC1. The number of hydrogen-bond donors (Lipinski definition) is 2. The normalized spacial score (nSPS) is 18.6. The van der Waals surface area contributed by atoms with Crippen LogP contribution in [0.15, 0.2) is 23.2 Å². The highest BCUT2D eigenvalue weighted by atomic mass is 16.5. The lowest BCUT2D eigenvalue weighted by Crippen LogP contribution is -2.44. The first-order valence-corrected chi connectivity index (χ1v) is 10.9. The van der Waals surface area contributed by atoms with Crippen molar-refractivity contribution in [1.82, 2.24) is 15.5 Å². The standard InChI is InChI=1S/C22H36N4O3/c1-3-23-22(24-10-11-26-12-14-28-15-13-26)25-17-18-8-9-20(27-2)16-21(18)29-19-6-4-5-7-19/h8-9,16,19H,3-7,10-15,17H2,1-2H3,(H2,23,24,25). The lowest BCUT2D eigenvalue weighted by molar-refractivity contribution is 0.0389. The van der Waals surface area contributed by atoms with Gasteiger partial charge in [0.05, 0.1) is 33.0 Å². The molecule has 0 bridgehead atoms. The fourth-order valence-electron chi connectivity index (χ4n) is 3.75. The van der Waals surface area contributed by atoms with E-state index in [2.05, 4.69) is 28.5 Å². The van der Waals surface area contributed by atoms with Crippen LogP contribution in [0.2, 0.25) is 0 Å². The van der Waals surface area contributed by atoms with Crippen molar-refractivity contribution in [2.45, 2.75) is 45.3 Å². The predicted octanol–water partition coefficient (Wildman–Crippen LogP) is 2.40. The van der Waals surface area contributed by atoms with E-state index in [9.17, 15) is 0 Å². The van der Waals surface area contributed by atoms with Gasteiger partial charge in [0.1, 0.15) is 11.5 Å². The number of ether oxygens (including phenoxy) is 3. The minimum atomic E-state index is 0.310. The van der Waals surface area contributed by atoms with E-state index < -0.39 is 0 Å². The van der Waals surface area contributed by atoms with Crippen LogP contribution in [-0.2, 0) is 11.3 Å². The Morgan fingerprint density at radius 3 is 2.72 bits per heavy atom. The molecule has 0 radical (unpaired) electrons. The van der Waals surface area contributed by atoms with Crippen LogP contribution in [0.5, 0.6) is 11.5 Å². The van der Waals surface area contributed by atoms with E-state index in [4.69, 9.17) is 19.2 Å². The van der Waals surface area contributed by atoms with Crippen molar-refractivity contribution in [1.29, 1.82) is 0 Å². The molecule has 1 saturated carbocycles. The maximum absolute atomic E-state index is 6.29. The summed E-state index contributed by atoms with van der Waals surface area (Å²) in [5.41, 5.74) is 1.09. The smallest absolute Gasteiger partial charge is 0.191 e. The molecule has 0 spiro atoms. The minimum absolute atomic E-state index is 0.310. The number of methoxy groups -OCH3 is 1. The number of morpholine rings is 1. The first kappa shape index (κ1) is 21.7. The van der Waals surface area contributed by atoms with E-state index in [0.717, 1.165) is 81.8 Å². The van der Waals surface area contributed by atoms with Gasteiger partial charge in [0.15, 0.2) is 5.96 Å². The Morgan fingerprint density at radius 2 is 2.00 bits per heavy atom. The van der Waals surface area contributed by atoms with Crippen molar-refractivity contribution in [3.05, 3.63) is 23.8 Å². The van der Waals surface area contributed by atoms with Gasteiger partial charge in [-0.05, 0) is 44.7 Å². The Bertz CT molecular complexity index is 641. The molecule has 0 amide bonds. The molecule has 29 heavy (non-hydrogen) atoms. The third kappa shape index (κ3) is 7.08. The van der Waals surface area contributed by atoms with Crippen molar-refractivity contribution in [2.24, 2.45) is 4.99 Å². The largest absolute Gasteiger partial charge is 0.497 e. The molecule has 2 N–H and O–H groups in total. The minimum Gasteiger partial charge on any atom is -0.497 e. The summed E-state index contributed by atoms with van der Waals surface area (Å²) in [6.45, 7) is 9.00. The molecule has 1 aromatic carbocycles. The second-order valence-corrected chi connectivity index (χ2v) is 7.57. The van der Waals surface area contributed by atoms with Gasteiger partial charge in [0.25, 0.3) is 0 Å². The van der Waals surface area contributed by atoms with Gasteiger partial charge in [-0.3, -0.25) is 4.90 Å². The van der Waals surface area contributed by atoms with Crippen molar-refractivity contribution < 1.29 is 14.2 Å². The van der Waals surface area contributed by atoms with Gasteiger partial charge >= 0.3 is 0 Å². The van der Waals surface area contributed by atoms with Crippen LogP contribution in [0, 0.1) is 0 Å². The van der Waals surface area contributed by atoms with Gasteiger partial charge in [-0.15, -0.1) is 0 Å². The van der Waals surface area contributed by atoms with Crippen molar-refractivity contribution in [3.63, 3.8) is 0 Å². The molecule has 1 saturated heterocycles. The van der Waals surface area contributed by atoms with Gasteiger partial charge in [-0.1, -0.05) is 0 Å². The molecular weight excluding hydrogens is 368 g/mol. The molecule has 162 valence electrons. The highest BCUT2D eigenvalue weighted by Gasteiger charge is 2.18. The lowest BCUT2D eigenvalue weighted by atomic mass is 10.2. The first-order valence-electron chi connectivity index (χ1n) is 10.9. The molecule has 1 aliphatic heterocycles. The van der Waals surface area contributed by atoms with Gasteiger partial charge < -0.3 is 24.8 Å². The molecule has 1 aliphatic carbocycles. The van der Waals surface area contributed by atoms with Crippen LogP contribution in [0.1, 0.15) is 38.2 Å². The van der Waals surface area contributed by atoms with E-state index in [-0.39, 0.29) is 0 Å². The highest BCUT2D eigenvalue weighted by molar-refractivity contribution is 5.79. The molecule has 2 fully saturated rings. The Hall–Kier alpha value is -1.99. The quantitative estimate of drug-likeness (QED) is 0.487. The summed E-state index contributed by atoms with van der Waals surface area (Å²) in [4.78, 5) is 7.20. The number of guanidine groups is 1. The fourth-order valence-corrected chi connectivity index (χ4v) is 3.75. The second-order valence-electron chi connectivity index (χ2n) is 7.57. The average Bonchev–Trinajstić information content (AvgIpc) is 3.26. The summed E-state index contributed by atoms with van der Waals surface area (Å²) >= 11 is 0. The van der Waals surface area contributed by atoms with E-state index >= 15 is 0 Å². The Kier molecular flexibility index (Phi) is 8.89. The molecular formula is C22H36N4O3. The topological polar surface area (TPSA) is 67.4 Å². The molecule has 0 unspecified atom stereocenters. The summed E-state index contributed by atoms with van der Waals surface area (Å²) in [7, 11) is 1.69. The lowest BCUT2D eigenvalue weighted by Gasteiger charge is -2.26. The maximum Gasteiger partial charge on any atom is 0.191 e. The third-order valence-corrected chi connectivity index (χ3v) is 5.45. The molecule has 7 nitrogen and oxygen atoms in total. The molecule has 0 aromatic heterocycles. The Balaban J connectivity index is 1.59. The summed E-state index contributed by atoms with van der Waals surface area (Å²) in [5.74, 6) is 2.55. The zero-order valence-corrected chi connectivity index (χ0v) is 17.9.